The first-order valence-electron chi connectivity index (χ1n) is 6.62. The van der Waals surface area contributed by atoms with E-state index < -0.39 is 11.4 Å². The molecule has 1 aliphatic heterocycles. The molecule has 1 aromatic rings. The van der Waals surface area contributed by atoms with Crippen molar-refractivity contribution in [1.82, 2.24) is 9.88 Å². The predicted molar refractivity (Wildman–Crippen MR) is 76.6 cm³/mol. The Morgan fingerprint density at radius 1 is 1.68 bits per heavy atom. The van der Waals surface area contributed by atoms with Crippen LogP contribution < -0.4 is 0 Å². The number of aliphatic carboxylic acids is 1. The molecule has 6 heteroatoms. The largest absolute Gasteiger partial charge is 0.481 e. The Labute approximate surface area is 122 Å². The van der Waals surface area contributed by atoms with Crippen molar-refractivity contribution < 1.29 is 9.90 Å². The van der Waals surface area contributed by atoms with Crippen molar-refractivity contribution in [3.63, 3.8) is 0 Å². The highest BCUT2D eigenvalue weighted by molar-refractivity contribution is 7.15. The fourth-order valence-corrected chi connectivity index (χ4v) is 3.88. The maximum absolute atomic E-state index is 11.6. The van der Waals surface area contributed by atoms with Crippen molar-refractivity contribution in [3.8, 4) is 0 Å². The lowest BCUT2D eigenvalue weighted by atomic mass is 9.76. The zero-order chi connectivity index (χ0) is 13.9. The van der Waals surface area contributed by atoms with E-state index in [-0.39, 0.29) is 0 Å². The van der Waals surface area contributed by atoms with Crippen LogP contribution in [0.1, 0.15) is 37.6 Å². The molecule has 0 aromatic carbocycles. The maximum Gasteiger partial charge on any atom is 0.310 e. The minimum Gasteiger partial charge on any atom is -0.481 e. The number of nitrogens with zero attached hydrogens (tertiary/aromatic N) is 2. The summed E-state index contributed by atoms with van der Waals surface area (Å²) in [6, 6.07) is 0. The van der Waals surface area contributed by atoms with Crippen LogP contribution >= 0.6 is 22.9 Å². The van der Waals surface area contributed by atoms with Crippen LogP contribution in [-0.2, 0) is 11.3 Å². The van der Waals surface area contributed by atoms with Crippen LogP contribution in [-0.4, -0.2) is 34.0 Å². The van der Waals surface area contributed by atoms with Gasteiger partial charge < -0.3 is 5.11 Å². The number of rotatable bonds is 5. The van der Waals surface area contributed by atoms with Gasteiger partial charge in [0.15, 0.2) is 0 Å². The number of carboxylic acids is 1. The number of hydrogen-bond donors (Lipinski definition) is 1. The lowest BCUT2D eigenvalue weighted by molar-refractivity contribution is -0.153. The molecule has 1 saturated heterocycles. The van der Waals surface area contributed by atoms with Gasteiger partial charge in [-0.05, 0) is 25.8 Å². The second-order valence-corrected chi connectivity index (χ2v) is 6.95. The summed E-state index contributed by atoms with van der Waals surface area (Å²) in [7, 11) is 0. The van der Waals surface area contributed by atoms with E-state index in [0.29, 0.717) is 17.4 Å². The van der Waals surface area contributed by atoms with E-state index in [2.05, 4.69) is 9.88 Å². The van der Waals surface area contributed by atoms with Crippen molar-refractivity contribution in [3.05, 3.63) is 15.5 Å². The lowest BCUT2D eigenvalue weighted by Gasteiger charge is -2.39. The molecule has 1 atom stereocenters. The van der Waals surface area contributed by atoms with Gasteiger partial charge in [-0.2, -0.15) is 0 Å². The van der Waals surface area contributed by atoms with Crippen molar-refractivity contribution in [2.24, 2.45) is 5.41 Å². The Bertz CT molecular complexity index is 448. The molecule has 1 unspecified atom stereocenters. The van der Waals surface area contributed by atoms with E-state index >= 15 is 0 Å². The van der Waals surface area contributed by atoms with Crippen LogP contribution in [0.25, 0.3) is 0 Å². The molecule has 1 aromatic heterocycles. The second kappa shape index (κ2) is 6.20. The van der Waals surface area contributed by atoms with Crippen molar-refractivity contribution in [1.29, 1.82) is 0 Å². The first-order valence-corrected chi connectivity index (χ1v) is 7.81. The Hall–Kier alpha value is -0.650. The molecule has 4 nitrogen and oxygen atoms in total. The van der Waals surface area contributed by atoms with Gasteiger partial charge in [0.25, 0.3) is 0 Å². The van der Waals surface area contributed by atoms with Gasteiger partial charge in [0.1, 0.15) is 9.34 Å². The van der Waals surface area contributed by atoms with E-state index in [4.69, 9.17) is 11.6 Å². The van der Waals surface area contributed by atoms with Crippen molar-refractivity contribution in [2.45, 2.75) is 39.2 Å². The number of hydrogen-bond acceptors (Lipinski definition) is 4. The Kier molecular flexibility index (Phi) is 4.81. The topological polar surface area (TPSA) is 53.4 Å². The van der Waals surface area contributed by atoms with Gasteiger partial charge in [0, 0.05) is 6.54 Å². The number of carboxylic acid groups (broad SMARTS) is 1. The normalized spacial score (nSPS) is 24.5. The molecule has 19 heavy (non-hydrogen) atoms. The molecule has 0 bridgehead atoms. The molecular formula is C13H19ClN2O2S. The summed E-state index contributed by atoms with van der Waals surface area (Å²) >= 11 is 7.35. The minimum atomic E-state index is -0.656. The number of likely N-dealkylation sites (tertiary alicyclic amines) is 1. The average molecular weight is 303 g/mol. The zero-order valence-electron chi connectivity index (χ0n) is 11.1. The highest BCUT2D eigenvalue weighted by Crippen LogP contribution is 2.35. The standard InChI is InChI=1S/C13H19ClN2O2S/c1-2-4-13(12(17)18)5-3-6-16(9-13)8-11-15-7-10(14)19-11/h7H,2-6,8-9H2,1H3,(H,17,18). The number of halogens is 1. The molecule has 106 valence electrons. The van der Waals surface area contributed by atoms with Crippen LogP contribution in [0.15, 0.2) is 6.20 Å². The number of thiazole rings is 1. The van der Waals surface area contributed by atoms with Crippen LogP contribution in [0.3, 0.4) is 0 Å². The smallest absolute Gasteiger partial charge is 0.310 e. The molecule has 0 aliphatic carbocycles. The van der Waals surface area contributed by atoms with E-state index in [1.54, 1.807) is 6.20 Å². The van der Waals surface area contributed by atoms with E-state index in [9.17, 15) is 9.90 Å². The number of aromatic nitrogens is 1. The monoisotopic (exact) mass is 302 g/mol. The van der Waals surface area contributed by atoms with Crippen LogP contribution in [0.5, 0.6) is 0 Å². The predicted octanol–water partition coefficient (Wildman–Crippen LogP) is 3.26. The first-order chi connectivity index (χ1) is 9.05. The molecule has 1 N–H and O–H groups in total. The molecule has 2 heterocycles. The Morgan fingerprint density at radius 3 is 3.05 bits per heavy atom. The maximum atomic E-state index is 11.6. The summed E-state index contributed by atoms with van der Waals surface area (Å²) < 4.78 is 0.685. The van der Waals surface area contributed by atoms with Gasteiger partial charge in [-0.1, -0.05) is 24.9 Å². The van der Waals surface area contributed by atoms with Gasteiger partial charge in [-0.3, -0.25) is 9.69 Å². The van der Waals surface area contributed by atoms with Crippen molar-refractivity contribution >= 4 is 28.9 Å². The summed E-state index contributed by atoms with van der Waals surface area (Å²) in [5.74, 6) is -0.656. The third-order valence-electron chi connectivity index (χ3n) is 3.72. The Morgan fingerprint density at radius 2 is 2.47 bits per heavy atom. The van der Waals surface area contributed by atoms with E-state index in [1.807, 2.05) is 6.92 Å². The molecule has 2 rings (SSSR count). The van der Waals surface area contributed by atoms with Crippen LogP contribution in [0.2, 0.25) is 4.34 Å². The van der Waals surface area contributed by atoms with Gasteiger partial charge in [0.2, 0.25) is 0 Å². The summed E-state index contributed by atoms with van der Waals surface area (Å²) in [6.07, 6.45) is 5.03. The molecule has 0 spiro atoms. The molecular weight excluding hydrogens is 284 g/mol. The summed E-state index contributed by atoms with van der Waals surface area (Å²) in [6.45, 7) is 4.31. The molecule has 1 aliphatic rings. The van der Waals surface area contributed by atoms with Gasteiger partial charge >= 0.3 is 5.97 Å². The molecule has 0 radical (unpaired) electrons. The first kappa shape index (κ1) is 14.8. The molecule has 0 saturated carbocycles. The van der Waals surface area contributed by atoms with E-state index in [1.165, 1.54) is 11.3 Å². The SMILES string of the molecule is CCCC1(C(=O)O)CCCN(Cc2ncc(Cl)s2)C1. The summed E-state index contributed by atoms with van der Waals surface area (Å²) in [5, 5.41) is 10.5. The van der Waals surface area contributed by atoms with Crippen molar-refractivity contribution in [2.75, 3.05) is 13.1 Å². The zero-order valence-corrected chi connectivity index (χ0v) is 12.6. The third kappa shape index (κ3) is 3.46. The number of carbonyl (C=O) groups is 1. The van der Waals surface area contributed by atoms with Gasteiger partial charge in [0.05, 0.1) is 18.2 Å². The third-order valence-corrected chi connectivity index (χ3v) is 4.82. The van der Waals surface area contributed by atoms with Gasteiger partial charge in [-0.15, -0.1) is 11.3 Å². The second-order valence-electron chi connectivity index (χ2n) is 5.21. The van der Waals surface area contributed by atoms with Crippen LogP contribution in [0.4, 0.5) is 0 Å². The number of piperidine rings is 1. The average Bonchev–Trinajstić information content (AvgIpc) is 2.75. The quantitative estimate of drug-likeness (QED) is 0.907. The highest BCUT2D eigenvalue weighted by atomic mass is 35.5. The summed E-state index contributed by atoms with van der Waals surface area (Å²) in [5.41, 5.74) is -0.575. The van der Waals surface area contributed by atoms with Gasteiger partial charge in [-0.25, -0.2) is 4.98 Å². The van der Waals surface area contributed by atoms with Crippen LogP contribution in [0, 0.1) is 5.41 Å². The molecule has 1 fully saturated rings. The fourth-order valence-electron chi connectivity index (χ4n) is 2.88. The molecule has 0 amide bonds. The Balaban J connectivity index is 2.05. The lowest BCUT2D eigenvalue weighted by Crippen LogP contribution is -2.47. The summed E-state index contributed by atoms with van der Waals surface area (Å²) in [4.78, 5) is 18.1. The minimum absolute atomic E-state index is 0.575. The fraction of sp³-hybridized carbons (Fsp3) is 0.692. The highest BCUT2D eigenvalue weighted by Gasteiger charge is 2.41. The van der Waals surface area contributed by atoms with E-state index in [0.717, 1.165) is 37.2 Å².